The van der Waals surface area contributed by atoms with E-state index >= 15 is 0 Å². The Hall–Kier alpha value is -2.95. The molecule has 0 amide bonds. The molecule has 3 rings (SSSR count). The molecule has 0 saturated carbocycles. The Bertz CT molecular complexity index is 913. The van der Waals surface area contributed by atoms with Crippen molar-refractivity contribution in [1.82, 2.24) is 0 Å². The summed E-state index contributed by atoms with van der Waals surface area (Å²) < 4.78 is 39.8. The van der Waals surface area contributed by atoms with Gasteiger partial charge >= 0.3 is 6.18 Å². The lowest BCUT2D eigenvalue weighted by Gasteiger charge is -2.14. The van der Waals surface area contributed by atoms with Crippen molar-refractivity contribution in [3.8, 4) is 22.3 Å². The zero-order valence-corrected chi connectivity index (χ0v) is 13.6. The number of anilines is 2. The summed E-state index contributed by atoms with van der Waals surface area (Å²) in [6, 6.07) is 16.4. The molecular formula is C20H17F3N2. The van der Waals surface area contributed by atoms with Crippen molar-refractivity contribution in [2.75, 3.05) is 11.5 Å². The summed E-state index contributed by atoms with van der Waals surface area (Å²) in [5, 5.41) is 0. The highest BCUT2D eigenvalue weighted by molar-refractivity contribution is 5.75. The van der Waals surface area contributed by atoms with Crippen molar-refractivity contribution in [2.45, 2.75) is 13.1 Å². The molecule has 0 heterocycles. The number of hydrogen-bond donors (Lipinski definition) is 2. The van der Waals surface area contributed by atoms with Crippen LogP contribution < -0.4 is 11.5 Å². The number of benzene rings is 3. The third-order valence-electron chi connectivity index (χ3n) is 4.11. The molecule has 0 unspecified atom stereocenters. The number of hydrogen-bond acceptors (Lipinski definition) is 2. The molecule has 3 aromatic carbocycles. The molecule has 3 aromatic rings. The van der Waals surface area contributed by atoms with Crippen LogP contribution in [0, 0.1) is 6.92 Å². The Morgan fingerprint density at radius 1 is 0.680 bits per heavy atom. The lowest BCUT2D eigenvalue weighted by Crippen LogP contribution is -2.08. The van der Waals surface area contributed by atoms with E-state index in [9.17, 15) is 13.2 Å². The molecule has 0 aliphatic rings. The average molecular weight is 342 g/mol. The van der Waals surface area contributed by atoms with E-state index in [2.05, 4.69) is 0 Å². The van der Waals surface area contributed by atoms with Crippen LogP contribution in [-0.2, 0) is 6.18 Å². The van der Waals surface area contributed by atoms with Crippen molar-refractivity contribution in [2.24, 2.45) is 0 Å². The van der Waals surface area contributed by atoms with Crippen molar-refractivity contribution >= 4 is 11.4 Å². The van der Waals surface area contributed by atoms with Crippen LogP contribution in [0.1, 0.15) is 11.1 Å². The summed E-state index contributed by atoms with van der Waals surface area (Å²) in [6.45, 7) is 1.95. The van der Waals surface area contributed by atoms with Crippen LogP contribution in [0.2, 0.25) is 0 Å². The van der Waals surface area contributed by atoms with Gasteiger partial charge < -0.3 is 11.5 Å². The second-order valence-electron chi connectivity index (χ2n) is 5.95. The molecule has 0 aromatic heterocycles. The van der Waals surface area contributed by atoms with Gasteiger partial charge in [0.05, 0.1) is 5.56 Å². The van der Waals surface area contributed by atoms with E-state index in [1.165, 1.54) is 12.1 Å². The minimum absolute atomic E-state index is 0.0881. The first-order chi connectivity index (χ1) is 11.8. The molecule has 0 saturated heterocycles. The summed E-state index contributed by atoms with van der Waals surface area (Å²) in [4.78, 5) is 0. The minimum atomic E-state index is -4.46. The summed E-state index contributed by atoms with van der Waals surface area (Å²) in [5.41, 5.74) is 14.8. The molecule has 0 spiro atoms. The third-order valence-corrected chi connectivity index (χ3v) is 4.11. The molecule has 0 aliphatic carbocycles. The summed E-state index contributed by atoms with van der Waals surface area (Å²) in [6.07, 6.45) is -4.46. The van der Waals surface area contributed by atoms with Gasteiger partial charge in [-0.1, -0.05) is 36.4 Å². The maximum absolute atomic E-state index is 13.3. The topological polar surface area (TPSA) is 52.0 Å². The summed E-state index contributed by atoms with van der Waals surface area (Å²) >= 11 is 0. The Morgan fingerprint density at radius 3 is 1.68 bits per heavy atom. The molecule has 128 valence electrons. The van der Waals surface area contributed by atoms with Crippen LogP contribution in [0.3, 0.4) is 0 Å². The highest BCUT2D eigenvalue weighted by atomic mass is 19.4. The molecule has 2 nitrogen and oxygen atoms in total. The lowest BCUT2D eigenvalue weighted by atomic mass is 9.95. The molecule has 25 heavy (non-hydrogen) atoms. The maximum Gasteiger partial charge on any atom is 0.417 e. The number of halogens is 3. The molecule has 0 atom stereocenters. The molecule has 0 bridgehead atoms. The van der Waals surface area contributed by atoms with E-state index in [0.29, 0.717) is 11.3 Å². The van der Waals surface area contributed by atoms with Crippen LogP contribution in [0.25, 0.3) is 22.3 Å². The molecule has 0 radical (unpaired) electrons. The van der Waals surface area contributed by atoms with Gasteiger partial charge in [0.15, 0.2) is 0 Å². The zero-order valence-electron chi connectivity index (χ0n) is 13.6. The zero-order chi connectivity index (χ0) is 18.2. The lowest BCUT2D eigenvalue weighted by molar-refractivity contribution is -0.137. The standard InChI is InChI=1S/C20H17F3N2/c1-12-10-15(24)6-8-17(12)13-2-4-14(5-3-13)18-9-7-16(25)11-19(18)20(21,22)23/h2-11H,24-25H2,1H3. The predicted octanol–water partition coefficient (Wildman–Crippen LogP) is 5.51. The van der Waals surface area contributed by atoms with Crippen molar-refractivity contribution in [1.29, 1.82) is 0 Å². The third kappa shape index (κ3) is 3.45. The molecule has 5 heteroatoms. The fourth-order valence-electron chi connectivity index (χ4n) is 2.89. The number of aryl methyl sites for hydroxylation is 1. The van der Waals surface area contributed by atoms with Crippen LogP contribution in [-0.4, -0.2) is 0 Å². The maximum atomic E-state index is 13.3. The first-order valence-electron chi connectivity index (χ1n) is 7.69. The molecule has 4 N–H and O–H groups in total. The van der Waals surface area contributed by atoms with E-state index in [-0.39, 0.29) is 11.3 Å². The Labute approximate surface area is 143 Å². The number of nitrogen functional groups attached to an aromatic ring is 2. The van der Waals surface area contributed by atoms with Gasteiger partial charge in [0, 0.05) is 11.4 Å². The summed E-state index contributed by atoms with van der Waals surface area (Å²) in [5.74, 6) is 0. The molecule has 0 fully saturated rings. The number of nitrogens with two attached hydrogens (primary N) is 2. The Balaban J connectivity index is 2.04. The average Bonchev–Trinajstić information content (AvgIpc) is 2.54. The first-order valence-corrected chi connectivity index (χ1v) is 7.69. The minimum Gasteiger partial charge on any atom is -0.399 e. The SMILES string of the molecule is Cc1cc(N)ccc1-c1ccc(-c2ccc(N)cc2C(F)(F)F)cc1. The van der Waals surface area contributed by atoms with E-state index in [1.807, 2.05) is 31.2 Å². The predicted molar refractivity (Wildman–Crippen MR) is 95.9 cm³/mol. The summed E-state index contributed by atoms with van der Waals surface area (Å²) in [7, 11) is 0. The van der Waals surface area contributed by atoms with Gasteiger partial charge in [-0.2, -0.15) is 13.2 Å². The van der Waals surface area contributed by atoms with Gasteiger partial charge in [-0.15, -0.1) is 0 Å². The fraction of sp³-hybridized carbons (Fsp3) is 0.100. The normalized spacial score (nSPS) is 11.5. The van der Waals surface area contributed by atoms with Crippen molar-refractivity contribution in [3.63, 3.8) is 0 Å². The van der Waals surface area contributed by atoms with Gasteiger partial charge in [-0.25, -0.2) is 0 Å². The van der Waals surface area contributed by atoms with Crippen molar-refractivity contribution < 1.29 is 13.2 Å². The van der Waals surface area contributed by atoms with Crippen LogP contribution >= 0.6 is 0 Å². The Morgan fingerprint density at radius 2 is 1.16 bits per heavy atom. The van der Waals surface area contributed by atoms with Crippen LogP contribution in [0.15, 0.2) is 60.7 Å². The second kappa shape index (κ2) is 6.16. The second-order valence-corrected chi connectivity index (χ2v) is 5.95. The number of rotatable bonds is 2. The van der Waals surface area contributed by atoms with E-state index in [0.717, 1.165) is 22.8 Å². The highest BCUT2D eigenvalue weighted by Gasteiger charge is 2.33. The van der Waals surface area contributed by atoms with Crippen LogP contribution in [0.4, 0.5) is 24.5 Å². The quantitative estimate of drug-likeness (QED) is 0.603. The Kier molecular flexibility index (Phi) is 4.17. The van der Waals surface area contributed by atoms with Gasteiger partial charge in [0.25, 0.3) is 0 Å². The van der Waals surface area contributed by atoms with Crippen molar-refractivity contribution in [3.05, 3.63) is 71.8 Å². The van der Waals surface area contributed by atoms with E-state index in [1.54, 1.807) is 18.2 Å². The first kappa shape index (κ1) is 16.9. The fourth-order valence-corrected chi connectivity index (χ4v) is 2.89. The molecular weight excluding hydrogens is 325 g/mol. The monoisotopic (exact) mass is 342 g/mol. The highest BCUT2D eigenvalue weighted by Crippen LogP contribution is 2.38. The van der Waals surface area contributed by atoms with E-state index < -0.39 is 11.7 Å². The van der Waals surface area contributed by atoms with Gasteiger partial charge in [0.2, 0.25) is 0 Å². The molecule has 0 aliphatic heterocycles. The number of alkyl halides is 3. The largest absolute Gasteiger partial charge is 0.417 e. The smallest absolute Gasteiger partial charge is 0.399 e. The van der Waals surface area contributed by atoms with Gasteiger partial charge in [0.1, 0.15) is 0 Å². The van der Waals surface area contributed by atoms with E-state index in [4.69, 9.17) is 11.5 Å². The van der Waals surface area contributed by atoms with Crippen LogP contribution in [0.5, 0.6) is 0 Å². The van der Waals surface area contributed by atoms with Gasteiger partial charge in [-0.05, 0) is 59.0 Å². The van der Waals surface area contributed by atoms with Gasteiger partial charge in [-0.3, -0.25) is 0 Å².